The standard InChI is InChI=1S/C25H17Cl2NO2/c1-13-10-11-14(26)12-19(13)28-23(29)21-20-15-6-2-4-8-17(15)25(27,22(21)24(28)30)18-9-5-3-7-16(18)20/h2-12,20-22H,1H3/t20?,21-,22-,25?/m0/s1. The molecule has 2 bridgehead atoms. The van der Waals surface area contributed by atoms with Crippen molar-refractivity contribution in [2.45, 2.75) is 17.7 Å². The largest absolute Gasteiger partial charge is 0.274 e. The van der Waals surface area contributed by atoms with Gasteiger partial charge in [-0.2, -0.15) is 0 Å². The molecule has 30 heavy (non-hydrogen) atoms. The van der Waals surface area contributed by atoms with Gasteiger partial charge in [-0.25, -0.2) is 4.90 Å². The predicted octanol–water partition coefficient (Wildman–Crippen LogP) is 5.40. The third kappa shape index (κ3) is 2.02. The van der Waals surface area contributed by atoms with Crippen LogP contribution in [0.2, 0.25) is 5.02 Å². The van der Waals surface area contributed by atoms with Gasteiger partial charge < -0.3 is 0 Å². The Bertz CT molecular complexity index is 1220. The first-order valence-electron chi connectivity index (χ1n) is 9.96. The van der Waals surface area contributed by atoms with E-state index in [1.54, 1.807) is 12.1 Å². The Morgan fingerprint density at radius 3 is 2.10 bits per heavy atom. The van der Waals surface area contributed by atoms with E-state index in [0.29, 0.717) is 10.7 Å². The molecule has 1 saturated heterocycles. The number of amides is 2. The number of halogens is 2. The first-order chi connectivity index (χ1) is 14.4. The molecule has 0 spiro atoms. The molecule has 5 heteroatoms. The first kappa shape index (κ1) is 18.2. The number of hydrogen-bond donors (Lipinski definition) is 0. The fourth-order valence-electron chi connectivity index (χ4n) is 5.74. The third-order valence-electron chi connectivity index (χ3n) is 6.93. The van der Waals surface area contributed by atoms with Gasteiger partial charge in [0.1, 0.15) is 4.87 Å². The fraction of sp³-hybridized carbons (Fsp3) is 0.200. The quantitative estimate of drug-likeness (QED) is 0.380. The minimum absolute atomic E-state index is 0.191. The zero-order valence-electron chi connectivity index (χ0n) is 16.1. The summed E-state index contributed by atoms with van der Waals surface area (Å²) in [5.41, 5.74) is 5.31. The van der Waals surface area contributed by atoms with E-state index in [1.807, 2.05) is 61.5 Å². The molecule has 3 aromatic rings. The van der Waals surface area contributed by atoms with Crippen molar-refractivity contribution in [3.05, 3.63) is 99.6 Å². The third-order valence-corrected chi connectivity index (χ3v) is 7.80. The second kappa shape index (κ2) is 5.96. The monoisotopic (exact) mass is 433 g/mol. The summed E-state index contributed by atoms with van der Waals surface area (Å²) in [7, 11) is 0. The van der Waals surface area contributed by atoms with Crippen LogP contribution in [0.5, 0.6) is 0 Å². The van der Waals surface area contributed by atoms with Gasteiger partial charge in [0, 0.05) is 10.9 Å². The van der Waals surface area contributed by atoms with Gasteiger partial charge in [0.25, 0.3) is 0 Å². The SMILES string of the molecule is Cc1ccc(Cl)cc1N1C(=O)[C@@H]2[C@@H](C1=O)C1c3ccccc3C2(Cl)c2ccccc21. The van der Waals surface area contributed by atoms with E-state index in [1.165, 1.54) is 4.90 Å². The summed E-state index contributed by atoms with van der Waals surface area (Å²) in [6.07, 6.45) is 0. The van der Waals surface area contributed by atoms with Crippen molar-refractivity contribution < 1.29 is 9.59 Å². The summed E-state index contributed by atoms with van der Waals surface area (Å²) in [5.74, 6) is -1.82. The zero-order valence-corrected chi connectivity index (χ0v) is 17.6. The molecule has 0 radical (unpaired) electrons. The number of alkyl halides is 1. The Labute approximate surface area is 184 Å². The first-order valence-corrected chi connectivity index (χ1v) is 10.7. The molecule has 1 fully saturated rings. The van der Waals surface area contributed by atoms with Crippen molar-refractivity contribution in [2.75, 3.05) is 4.90 Å². The number of carbonyl (C=O) groups excluding carboxylic acids is 2. The topological polar surface area (TPSA) is 37.4 Å². The molecule has 0 aromatic heterocycles. The van der Waals surface area contributed by atoms with Crippen LogP contribution >= 0.6 is 23.2 Å². The molecule has 2 amide bonds. The van der Waals surface area contributed by atoms with Gasteiger partial charge in [0.15, 0.2) is 0 Å². The van der Waals surface area contributed by atoms with Gasteiger partial charge in [-0.3, -0.25) is 9.59 Å². The molecule has 1 heterocycles. The number of nitrogens with zero attached hydrogens (tertiary/aromatic N) is 1. The smallest absolute Gasteiger partial charge is 0.240 e. The van der Waals surface area contributed by atoms with Crippen molar-refractivity contribution in [3.8, 4) is 0 Å². The van der Waals surface area contributed by atoms with Crippen LogP contribution in [0.15, 0.2) is 66.7 Å². The van der Waals surface area contributed by atoms with E-state index in [2.05, 4.69) is 0 Å². The molecule has 0 saturated carbocycles. The number of carbonyl (C=O) groups is 2. The van der Waals surface area contributed by atoms with Crippen molar-refractivity contribution in [1.82, 2.24) is 0 Å². The molecule has 4 aliphatic rings. The highest BCUT2D eigenvalue weighted by molar-refractivity contribution is 6.34. The Morgan fingerprint density at radius 2 is 1.47 bits per heavy atom. The second-order valence-electron chi connectivity index (χ2n) is 8.31. The second-order valence-corrected chi connectivity index (χ2v) is 9.34. The van der Waals surface area contributed by atoms with Crippen LogP contribution in [0.4, 0.5) is 5.69 Å². The summed E-state index contributed by atoms with van der Waals surface area (Å²) in [6, 6.07) is 21.2. The number of hydrogen-bond acceptors (Lipinski definition) is 2. The van der Waals surface area contributed by atoms with Crippen LogP contribution in [0.1, 0.15) is 33.7 Å². The van der Waals surface area contributed by atoms with Crippen LogP contribution in [-0.4, -0.2) is 11.8 Å². The van der Waals surface area contributed by atoms with Gasteiger partial charge in [0.05, 0.1) is 17.5 Å². The molecular formula is C25H17Cl2NO2. The average Bonchev–Trinajstić information content (AvgIpc) is 3.02. The summed E-state index contributed by atoms with van der Waals surface area (Å²) in [5, 5.41) is 0.487. The van der Waals surface area contributed by atoms with Gasteiger partial charge in [-0.15, -0.1) is 11.6 Å². The lowest BCUT2D eigenvalue weighted by Crippen LogP contribution is -2.50. The van der Waals surface area contributed by atoms with Gasteiger partial charge >= 0.3 is 0 Å². The Hall–Kier alpha value is -2.62. The van der Waals surface area contributed by atoms with Crippen molar-refractivity contribution >= 4 is 40.7 Å². The number of benzene rings is 3. The molecule has 7 rings (SSSR count). The maximum Gasteiger partial charge on any atom is 0.240 e. The maximum absolute atomic E-state index is 13.8. The van der Waals surface area contributed by atoms with E-state index >= 15 is 0 Å². The number of anilines is 1. The van der Waals surface area contributed by atoms with Crippen LogP contribution in [0.3, 0.4) is 0 Å². The molecule has 1 aliphatic heterocycles. The lowest BCUT2D eigenvalue weighted by Gasteiger charge is -2.50. The molecule has 0 N–H and O–H groups in total. The molecule has 0 unspecified atom stereocenters. The number of imide groups is 1. The fourth-order valence-corrected chi connectivity index (χ4v) is 6.48. The average molecular weight is 434 g/mol. The number of rotatable bonds is 1. The number of aryl methyl sites for hydroxylation is 1. The highest BCUT2D eigenvalue weighted by Gasteiger charge is 2.68. The molecule has 3 aliphatic carbocycles. The van der Waals surface area contributed by atoms with Crippen LogP contribution in [0.25, 0.3) is 0 Å². The Kier molecular flexibility index (Phi) is 3.61. The predicted molar refractivity (Wildman–Crippen MR) is 117 cm³/mol. The van der Waals surface area contributed by atoms with Gasteiger partial charge in [-0.05, 0) is 46.9 Å². The Balaban J connectivity index is 1.63. The van der Waals surface area contributed by atoms with Crippen molar-refractivity contribution in [3.63, 3.8) is 0 Å². The van der Waals surface area contributed by atoms with Crippen molar-refractivity contribution in [2.24, 2.45) is 11.8 Å². The van der Waals surface area contributed by atoms with Gasteiger partial charge in [-0.1, -0.05) is 66.2 Å². The minimum atomic E-state index is -1.07. The van der Waals surface area contributed by atoms with E-state index in [-0.39, 0.29) is 17.7 Å². The van der Waals surface area contributed by atoms with E-state index in [4.69, 9.17) is 23.2 Å². The normalized spacial score (nSPS) is 28.4. The van der Waals surface area contributed by atoms with Crippen LogP contribution in [0, 0.1) is 18.8 Å². The summed E-state index contributed by atoms with van der Waals surface area (Å²) >= 11 is 13.6. The highest BCUT2D eigenvalue weighted by Crippen LogP contribution is 2.65. The molecular weight excluding hydrogens is 417 g/mol. The minimum Gasteiger partial charge on any atom is -0.274 e. The van der Waals surface area contributed by atoms with E-state index in [9.17, 15) is 9.59 Å². The van der Waals surface area contributed by atoms with Crippen LogP contribution in [-0.2, 0) is 14.5 Å². The molecule has 148 valence electrons. The zero-order chi connectivity index (χ0) is 20.8. The molecule has 3 aromatic carbocycles. The van der Waals surface area contributed by atoms with Gasteiger partial charge in [0.2, 0.25) is 11.8 Å². The molecule has 2 atom stereocenters. The summed E-state index contributed by atoms with van der Waals surface area (Å²) in [6.45, 7) is 1.88. The highest BCUT2D eigenvalue weighted by atomic mass is 35.5. The lowest BCUT2D eigenvalue weighted by molar-refractivity contribution is -0.122. The van der Waals surface area contributed by atoms with E-state index in [0.717, 1.165) is 27.8 Å². The molecule has 3 nitrogen and oxygen atoms in total. The Morgan fingerprint density at radius 1 is 0.867 bits per heavy atom. The lowest BCUT2D eigenvalue weighted by atomic mass is 9.54. The maximum atomic E-state index is 13.8. The summed E-state index contributed by atoms with van der Waals surface area (Å²) in [4.78, 5) is 27.8. The summed E-state index contributed by atoms with van der Waals surface area (Å²) < 4.78 is 0. The van der Waals surface area contributed by atoms with Crippen LogP contribution < -0.4 is 4.90 Å². The van der Waals surface area contributed by atoms with E-state index < -0.39 is 16.7 Å². The van der Waals surface area contributed by atoms with Crippen molar-refractivity contribution in [1.29, 1.82) is 0 Å².